The zero-order valence-corrected chi connectivity index (χ0v) is 17.8. The summed E-state index contributed by atoms with van der Waals surface area (Å²) in [5.41, 5.74) is 2.59. The lowest BCUT2D eigenvalue weighted by atomic mass is 9.81. The molecular formula is C20H38S2. The Labute approximate surface area is 148 Å². The molecule has 0 unspecified atom stereocenters. The minimum Gasteiger partial charge on any atom is -0.142 e. The van der Waals surface area contributed by atoms with Gasteiger partial charge in [-0.3, -0.25) is 0 Å². The first-order valence-electron chi connectivity index (χ1n) is 8.91. The smallest absolute Gasteiger partial charge is 0.0714 e. The summed E-state index contributed by atoms with van der Waals surface area (Å²) < 4.78 is 0.721. The van der Waals surface area contributed by atoms with E-state index in [-0.39, 0.29) is 0 Å². The van der Waals surface area contributed by atoms with Crippen LogP contribution in [0.1, 0.15) is 74.7 Å². The Bertz CT molecular complexity index is 351. The van der Waals surface area contributed by atoms with Crippen LogP contribution in [-0.4, -0.2) is 16.1 Å². The molecule has 0 saturated carbocycles. The highest BCUT2D eigenvalue weighted by atomic mass is 32.2. The van der Waals surface area contributed by atoms with E-state index in [1.165, 1.54) is 30.8 Å². The molecule has 2 heteroatoms. The fraction of sp³-hybridized carbons (Fsp3) is 0.900. The fourth-order valence-corrected chi connectivity index (χ4v) is 6.79. The lowest BCUT2D eigenvalue weighted by molar-refractivity contribution is 0.306. The molecule has 130 valence electrons. The van der Waals surface area contributed by atoms with Gasteiger partial charge >= 0.3 is 0 Å². The van der Waals surface area contributed by atoms with Gasteiger partial charge in [0.05, 0.1) is 4.58 Å². The highest BCUT2D eigenvalue weighted by molar-refractivity contribution is 8.20. The normalized spacial score (nSPS) is 21.2. The van der Waals surface area contributed by atoms with Gasteiger partial charge in [-0.2, -0.15) is 0 Å². The third-order valence-corrected chi connectivity index (χ3v) is 7.20. The summed E-state index contributed by atoms with van der Waals surface area (Å²) in [6.07, 6.45) is 6.47. The van der Waals surface area contributed by atoms with Gasteiger partial charge in [-0.05, 0) is 47.5 Å². The molecular weight excluding hydrogens is 304 g/mol. The van der Waals surface area contributed by atoms with Crippen LogP contribution in [0.2, 0.25) is 0 Å². The summed E-state index contributed by atoms with van der Waals surface area (Å²) in [6.45, 7) is 19.1. The van der Waals surface area contributed by atoms with E-state index in [1.807, 2.05) is 0 Å². The average molecular weight is 343 g/mol. The van der Waals surface area contributed by atoms with Crippen molar-refractivity contribution in [3.05, 3.63) is 11.6 Å². The first-order chi connectivity index (χ1) is 9.98. The van der Waals surface area contributed by atoms with Crippen LogP contribution in [0, 0.1) is 22.7 Å². The molecule has 0 bridgehead atoms. The van der Waals surface area contributed by atoms with Gasteiger partial charge in [-0.15, -0.1) is 23.5 Å². The van der Waals surface area contributed by atoms with Crippen LogP contribution in [0.15, 0.2) is 11.6 Å². The molecule has 1 saturated heterocycles. The van der Waals surface area contributed by atoms with E-state index in [2.05, 4.69) is 85.0 Å². The zero-order chi connectivity index (χ0) is 17.0. The van der Waals surface area contributed by atoms with Crippen molar-refractivity contribution in [2.45, 2.75) is 79.2 Å². The van der Waals surface area contributed by atoms with Gasteiger partial charge in [-0.25, -0.2) is 0 Å². The molecule has 0 aromatic heterocycles. The van der Waals surface area contributed by atoms with Crippen LogP contribution in [0.4, 0.5) is 0 Å². The molecule has 1 heterocycles. The number of rotatable bonds is 6. The SMILES string of the molecule is C[C@H](C/C=C(/C1SCCS1)[C@@H](C)CC(C)(C)C)CC(C)(C)C. The van der Waals surface area contributed by atoms with Gasteiger partial charge in [0.25, 0.3) is 0 Å². The molecule has 1 aliphatic rings. The van der Waals surface area contributed by atoms with Gasteiger partial charge in [0.15, 0.2) is 0 Å². The number of thioether (sulfide) groups is 2. The van der Waals surface area contributed by atoms with Gasteiger partial charge in [0, 0.05) is 11.5 Å². The molecule has 1 rings (SSSR count). The Morgan fingerprint density at radius 1 is 0.955 bits per heavy atom. The average Bonchev–Trinajstić information content (AvgIpc) is 2.77. The minimum absolute atomic E-state index is 0.420. The molecule has 0 aromatic rings. The predicted octanol–water partition coefficient (Wildman–Crippen LogP) is 7.25. The van der Waals surface area contributed by atoms with Crippen molar-refractivity contribution in [1.82, 2.24) is 0 Å². The molecule has 0 radical (unpaired) electrons. The zero-order valence-electron chi connectivity index (χ0n) is 16.2. The second kappa shape index (κ2) is 8.51. The van der Waals surface area contributed by atoms with Crippen molar-refractivity contribution >= 4 is 23.5 Å². The molecule has 0 aromatic carbocycles. The first kappa shape index (κ1) is 20.5. The molecule has 0 nitrogen and oxygen atoms in total. The largest absolute Gasteiger partial charge is 0.142 e. The maximum atomic E-state index is 2.61. The minimum atomic E-state index is 0.420. The van der Waals surface area contributed by atoms with Crippen LogP contribution in [-0.2, 0) is 0 Å². The molecule has 0 spiro atoms. The molecule has 1 aliphatic heterocycles. The molecule has 0 amide bonds. The Balaban J connectivity index is 2.74. The lowest BCUT2D eigenvalue weighted by Gasteiger charge is -2.28. The van der Waals surface area contributed by atoms with Crippen molar-refractivity contribution < 1.29 is 0 Å². The fourth-order valence-electron chi connectivity index (χ4n) is 3.58. The Kier molecular flexibility index (Phi) is 7.93. The lowest BCUT2D eigenvalue weighted by Crippen LogP contribution is -2.17. The molecule has 22 heavy (non-hydrogen) atoms. The summed E-state index contributed by atoms with van der Waals surface area (Å²) >= 11 is 4.33. The number of hydrogen-bond acceptors (Lipinski definition) is 2. The highest BCUT2D eigenvalue weighted by Crippen LogP contribution is 2.43. The summed E-state index contributed by atoms with van der Waals surface area (Å²) in [5, 5.41) is 0. The molecule has 0 aliphatic carbocycles. The van der Waals surface area contributed by atoms with E-state index < -0.39 is 0 Å². The van der Waals surface area contributed by atoms with Crippen molar-refractivity contribution in [3.8, 4) is 0 Å². The second-order valence-corrected chi connectivity index (χ2v) is 12.3. The molecule has 2 atom stereocenters. The van der Waals surface area contributed by atoms with E-state index in [4.69, 9.17) is 0 Å². The van der Waals surface area contributed by atoms with Crippen molar-refractivity contribution in [1.29, 1.82) is 0 Å². The van der Waals surface area contributed by atoms with E-state index in [9.17, 15) is 0 Å². The summed E-state index contributed by atoms with van der Waals surface area (Å²) in [6, 6.07) is 0. The van der Waals surface area contributed by atoms with Gasteiger partial charge < -0.3 is 0 Å². The van der Waals surface area contributed by atoms with E-state index in [0.29, 0.717) is 16.7 Å². The van der Waals surface area contributed by atoms with Crippen molar-refractivity contribution in [3.63, 3.8) is 0 Å². The Morgan fingerprint density at radius 3 is 1.91 bits per heavy atom. The summed E-state index contributed by atoms with van der Waals surface area (Å²) in [7, 11) is 0. The quantitative estimate of drug-likeness (QED) is 0.466. The van der Waals surface area contributed by atoms with Gasteiger partial charge in [0.1, 0.15) is 0 Å². The van der Waals surface area contributed by atoms with E-state index in [0.717, 1.165) is 10.5 Å². The summed E-state index contributed by atoms with van der Waals surface area (Å²) in [4.78, 5) is 0. The van der Waals surface area contributed by atoms with Crippen LogP contribution in [0.5, 0.6) is 0 Å². The monoisotopic (exact) mass is 342 g/mol. The molecule has 1 fully saturated rings. The van der Waals surface area contributed by atoms with Crippen LogP contribution in [0.25, 0.3) is 0 Å². The Hall–Kier alpha value is 0.440. The van der Waals surface area contributed by atoms with Gasteiger partial charge in [-0.1, -0.05) is 61.5 Å². The van der Waals surface area contributed by atoms with E-state index in [1.54, 1.807) is 5.57 Å². The summed E-state index contributed by atoms with van der Waals surface area (Å²) in [5.74, 6) is 4.15. The van der Waals surface area contributed by atoms with Crippen LogP contribution < -0.4 is 0 Å². The van der Waals surface area contributed by atoms with Crippen LogP contribution >= 0.6 is 23.5 Å². The number of hydrogen-bond donors (Lipinski definition) is 0. The maximum absolute atomic E-state index is 2.61. The highest BCUT2D eigenvalue weighted by Gasteiger charge is 2.27. The van der Waals surface area contributed by atoms with Crippen molar-refractivity contribution in [2.75, 3.05) is 11.5 Å². The topological polar surface area (TPSA) is 0 Å². The third-order valence-electron chi connectivity index (χ3n) is 4.10. The number of allylic oxidation sites excluding steroid dienone is 1. The van der Waals surface area contributed by atoms with Crippen LogP contribution in [0.3, 0.4) is 0 Å². The standard InChI is InChI=1S/C20H38S2/c1-15(13-19(3,4)5)9-10-17(18-21-11-12-22-18)16(2)14-20(6,7)8/h10,15-16,18H,9,11-14H2,1-8H3/b17-10+/t15-,16+/m1/s1. The second-order valence-electron chi connectivity index (χ2n) is 9.55. The Morgan fingerprint density at radius 2 is 1.45 bits per heavy atom. The molecule has 0 N–H and O–H groups in total. The van der Waals surface area contributed by atoms with E-state index >= 15 is 0 Å². The van der Waals surface area contributed by atoms with Gasteiger partial charge in [0.2, 0.25) is 0 Å². The first-order valence-corrected chi connectivity index (χ1v) is 11.0. The predicted molar refractivity (Wildman–Crippen MR) is 108 cm³/mol. The third kappa shape index (κ3) is 8.34. The van der Waals surface area contributed by atoms with Crippen molar-refractivity contribution in [2.24, 2.45) is 22.7 Å². The maximum Gasteiger partial charge on any atom is 0.0714 e.